The molecule has 17 heavy (non-hydrogen) atoms. The van der Waals surface area contributed by atoms with Gasteiger partial charge in [-0.15, -0.1) is 0 Å². The number of aromatic nitrogens is 1. The summed E-state index contributed by atoms with van der Waals surface area (Å²) in [6.07, 6.45) is 8.77. The van der Waals surface area contributed by atoms with Gasteiger partial charge in [-0.1, -0.05) is 58.0 Å². The molecule has 1 heterocycles. The molecule has 0 spiro atoms. The van der Waals surface area contributed by atoms with Crippen LogP contribution in [0, 0.1) is 0 Å². The van der Waals surface area contributed by atoms with Crippen molar-refractivity contribution in [3.63, 3.8) is 0 Å². The average Bonchev–Trinajstić information content (AvgIpc) is 2.65. The van der Waals surface area contributed by atoms with E-state index in [0.717, 1.165) is 17.7 Å². The fourth-order valence-electron chi connectivity index (χ4n) is 2.21. The normalized spacial score (nSPS) is 11.3. The van der Waals surface area contributed by atoms with E-state index in [4.69, 9.17) is 10.3 Å². The molecule has 0 saturated carbocycles. The van der Waals surface area contributed by atoms with E-state index in [2.05, 4.69) is 25.9 Å². The van der Waals surface area contributed by atoms with Crippen LogP contribution in [0.25, 0.3) is 0 Å². The van der Waals surface area contributed by atoms with Crippen LogP contribution in [0.5, 0.6) is 0 Å². The van der Waals surface area contributed by atoms with Gasteiger partial charge in [0.25, 0.3) is 0 Å². The third kappa shape index (κ3) is 4.41. The summed E-state index contributed by atoms with van der Waals surface area (Å²) in [5, 5.41) is 3.87. The molecule has 0 amide bonds. The highest BCUT2D eigenvalue weighted by Crippen LogP contribution is 2.26. The molecule has 0 aliphatic rings. The Morgan fingerprint density at radius 3 is 2.41 bits per heavy atom. The zero-order chi connectivity index (χ0) is 12.7. The first kappa shape index (κ1) is 14.1. The van der Waals surface area contributed by atoms with Crippen LogP contribution in [0.15, 0.2) is 4.52 Å². The van der Waals surface area contributed by atoms with E-state index in [1.165, 1.54) is 38.5 Å². The summed E-state index contributed by atoms with van der Waals surface area (Å²) in [7, 11) is 0. The number of nitrogens with two attached hydrogens (primary N) is 1. The maximum Gasteiger partial charge on any atom is 0.170 e. The summed E-state index contributed by atoms with van der Waals surface area (Å²) < 4.78 is 5.31. The summed E-state index contributed by atoms with van der Waals surface area (Å²) in [4.78, 5) is 0. The molecule has 0 unspecified atom stereocenters. The predicted molar refractivity (Wildman–Crippen MR) is 72.1 cm³/mol. The number of rotatable bonds is 8. The lowest BCUT2D eigenvalue weighted by molar-refractivity contribution is 0.378. The second-order valence-corrected chi connectivity index (χ2v) is 5.08. The van der Waals surface area contributed by atoms with E-state index < -0.39 is 0 Å². The third-order valence-electron chi connectivity index (χ3n) is 3.17. The standard InChI is InChI=1S/C14H26N2O/c1-4-5-6-7-8-9-10-12-13(11(2)3)14(15)16-17-12/h11H,4-10H2,1-3H3,(H2,15,16). The molecule has 3 nitrogen and oxygen atoms in total. The molecule has 0 fully saturated rings. The predicted octanol–water partition coefficient (Wildman–Crippen LogP) is 4.28. The number of hydrogen-bond acceptors (Lipinski definition) is 3. The molecule has 0 aliphatic heterocycles. The Kier molecular flexibility index (Phi) is 6.09. The van der Waals surface area contributed by atoms with Crippen molar-refractivity contribution in [3.8, 4) is 0 Å². The number of aryl methyl sites for hydroxylation is 1. The minimum atomic E-state index is 0.399. The van der Waals surface area contributed by atoms with E-state index in [9.17, 15) is 0 Å². The lowest BCUT2D eigenvalue weighted by Gasteiger charge is -2.05. The summed E-state index contributed by atoms with van der Waals surface area (Å²) in [5.74, 6) is 1.96. The Bertz CT molecular complexity index is 318. The lowest BCUT2D eigenvalue weighted by Crippen LogP contribution is -1.97. The molecule has 0 aliphatic carbocycles. The molecule has 0 saturated heterocycles. The van der Waals surface area contributed by atoms with E-state index >= 15 is 0 Å². The molecular weight excluding hydrogens is 212 g/mol. The Balaban J connectivity index is 2.32. The van der Waals surface area contributed by atoms with Gasteiger partial charge in [0, 0.05) is 12.0 Å². The third-order valence-corrected chi connectivity index (χ3v) is 3.17. The maximum atomic E-state index is 5.81. The molecule has 1 aromatic heterocycles. The maximum absolute atomic E-state index is 5.81. The molecule has 0 aromatic carbocycles. The zero-order valence-corrected chi connectivity index (χ0v) is 11.5. The van der Waals surface area contributed by atoms with Crippen LogP contribution in [0.3, 0.4) is 0 Å². The van der Waals surface area contributed by atoms with Gasteiger partial charge in [0.1, 0.15) is 5.76 Å². The van der Waals surface area contributed by atoms with E-state index in [0.29, 0.717) is 11.7 Å². The van der Waals surface area contributed by atoms with Crippen molar-refractivity contribution in [2.24, 2.45) is 0 Å². The zero-order valence-electron chi connectivity index (χ0n) is 11.5. The number of nitrogens with zero attached hydrogens (tertiary/aromatic N) is 1. The molecule has 1 aromatic rings. The molecule has 98 valence electrons. The van der Waals surface area contributed by atoms with Crippen LogP contribution in [-0.4, -0.2) is 5.16 Å². The highest BCUT2D eigenvalue weighted by Gasteiger charge is 2.16. The number of unbranched alkanes of at least 4 members (excludes halogenated alkanes) is 5. The molecule has 0 atom stereocenters. The number of anilines is 1. The fraction of sp³-hybridized carbons (Fsp3) is 0.786. The largest absolute Gasteiger partial charge is 0.381 e. The Morgan fingerprint density at radius 1 is 1.12 bits per heavy atom. The van der Waals surface area contributed by atoms with Crippen LogP contribution in [0.1, 0.15) is 76.5 Å². The molecule has 2 N–H and O–H groups in total. The van der Waals surface area contributed by atoms with Crippen LogP contribution < -0.4 is 5.73 Å². The second kappa shape index (κ2) is 7.36. The van der Waals surface area contributed by atoms with Gasteiger partial charge in [-0.05, 0) is 12.3 Å². The first-order chi connectivity index (χ1) is 8.16. The van der Waals surface area contributed by atoms with Gasteiger partial charge in [0.2, 0.25) is 0 Å². The summed E-state index contributed by atoms with van der Waals surface area (Å²) >= 11 is 0. The van der Waals surface area contributed by atoms with Gasteiger partial charge in [-0.25, -0.2) is 0 Å². The van der Waals surface area contributed by atoms with Gasteiger partial charge in [0.05, 0.1) is 0 Å². The Hall–Kier alpha value is -0.990. The van der Waals surface area contributed by atoms with Crippen LogP contribution in [0.2, 0.25) is 0 Å². The van der Waals surface area contributed by atoms with Crippen molar-refractivity contribution in [2.75, 3.05) is 5.73 Å². The van der Waals surface area contributed by atoms with E-state index in [1.807, 2.05) is 0 Å². The van der Waals surface area contributed by atoms with Gasteiger partial charge >= 0.3 is 0 Å². The minimum Gasteiger partial charge on any atom is -0.381 e. The van der Waals surface area contributed by atoms with Crippen molar-refractivity contribution in [2.45, 2.75) is 71.6 Å². The fourth-order valence-corrected chi connectivity index (χ4v) is 2.21. The van der Waals surface area contributed by atoms with Crippen molar-refractivity contribution in [1.82, 2.24) is 5.16 Å². The SMILES string of the molecule is CCCCCCCCc1onc(N)c1C(C)C. The molecule has 3 heteroatoms. The van der Waals surface area contributed by atoms with Gasteiger partial charge in [-0.2, -0.15) is 0 Å². The summed E-state index contributed by atoms with van der Waals surface area (Å²) in [6, 6.07) is 0. The highest BCUT2D eigenvalue weighted by molar-refractivity contribution is 5.42. The van der Waals surface area contributed by atoms with Crippen LogP contribution in [0.4, 0.5) is 5.82 Å². The Labute approximate surface area is 105 Å². The van der Waals surface area contributed by atoms with Gasteiger partial charge in [-0.3, -0.25) is 0 Å². The first-order valence-electron chi connectivity index (χ1n) is 6.90. The topological polar surface area (TPSA) is 52.0 Å². The van der Waals surface area contributed by atoms with Gasteiger partial charge < -0.3 is 10.3 Å². The first-order valence-corrected chi connectivity index (χ1v) is 6.90. The molecule has 0 radical (unpaired) electrons. The monoisotopic (exact) mass is 238 g/mol. The quantitative estimate of drug-likeness (QED) is 0.687. The van der Waals surface area contributed by atoms with Crippen molar-refractivity contribution >= 4 is 5.82 Å². The smallest absolute Gasteiger partial charge is 0.170 e. The second-order valence-electron chi connectivity index (χ2n) is 5.08. The lowest BCUT2D eigenvalue weighted by atomic mass is 10.00. The number of hydrogen-bond donors (Lipinski definition) is 1. The van der Waals surface area contributed by atoms with E-state index in [-0.39, 0.29) is 0 Å². The van der Waals surface area contributed by atoms with Gasteiger partial charge in [0.15, 0.2) is 5.82 Å². The van der Waals surface area contributed by atoms with E-state index in [1.54, 1.807) is 0 Å². The highest BCUT2D eigenvalue weighted by atomic mass is 16.5. The Morgan fingerprint density at radius 2 is 1.76 bits per heavy atom. The molecule has 0 bridgehead atoms. The van der Waals surface area contributed by atoms with Crippen molar-refractivity contribution in [1.29, 1.82) is 0 Å². The molecule has 1 rings (SSSR count). The average molecular weight is 238 g/mol. The molecular formula is C14H26N2O. The van der Waals surface area contributed by atoms with Crippen LogP contribution in [-0.2, 0) is 6.42 Å². The number of nitrogen functional groups attached to an aromatic ring is 1. The van der Waals surface area contributed by atoms with Crippen LogP contribution >= 0.6 is 0 Å². The van der Waals surface area contributed by atoms with Crippen molar-refractivity contribution < 1.29 is 4.52 Å². The summed E-state index contributed by atoms with van der Waals surface area (Å²) in [5.41, 5.74) is 6.92. The summed E-state index contributed by atoms with van der Waals surface area (Å²) in [6.45, 7) is 6.51. The minimum absolute atomic E-state index is 0.399. The van der Waals surface area contributed by atoms with Crippen molar-refractivity contribution in [3.05, 3.63) is 11.3 Å².